The lowest BCUT2D eigenvalue weighted by Gasteiger charge is -2.24. The number of ether oxygens (including phenoxy) is 1. The lowest BCUT2D eigenvalue weighted by atomic mass is 10.1. The van der Waals surface area contributed by atoms with Gasteiger partial charge >= 0.3 is 12.0 Å². The molecule has 0 spiro atoms. The molecule has 0 saturated heterocycles. The van der Waals surface area contributed by atoms with E-state index in [1.165, 1.54) is 11.9 Å². The summed E-state index contributed by atoms with van der Waals surface area (Å²) in [4.78, 5) is 29.1. The van der Waals surface area contributed by atoms with E-state index in [1.807, 2.05) is 41.5 Å². The molecule has 32 heavy (non-hydrogen) atoms. The molecule has 1 heterocycles. The summed E-state index contributed by atoms with van der Waals surface area (Å²) >= 11 is 13.7. The summed E-state index contributed by atoms with van der Waals surface area (Å²) in [5.74, 6) is -0.333. The van der Waals surface area contributed by atoms with Crippen LogP contribution in [-0.2, 0) is 16.0 Å². The summed E-state index contributed by atoms with van der Waals surface area (Å²) in [6.45, 7) is 1.62. The zero-order valence-electron chi connectivity index (χ0n) is 18.2. The van der Waals surface area contributed by atoms with E-state index in [0.717, 1.165) is 28.3 Å². The predicted octanol–water partition coefficient (Wildman–Crippen LogP) is 4.31. The van der Waals surface area contributed by atoms with Gasteiger partial charge in [0.25, 0.3) is 0 Å². The van der Waals surface area contributed by atoms with E-state index >= 15 is 0 Å². The SMILES string of the molecule is CNC(=O)N1CCc2cc(N(CC(=O)OCCN(C)C)Sc3cc(Cl)cc(Cl)c3)ccc21. The van der Waals surface area contributed by atoms with Crippen molar-refractivity contribution in [1.82, 2.24) is 10.2 Å². The number of carbonyl (C=O) groups excluding carboxylic acids is 2. The number of rotatable bonds is 8. The molecule has 0 atom stereocenters. The number of esters is 1. The van der Waals surface area contributed by atoms with Gasteiger partial charge in [-0.1, -0.05) is 23.2 Å². The van der Waals surface area contributed by atoms with E-state index in [9.17, 15) is 9.59 Å². The minimum atomic E-state index is -0.333. The molecule has 0 saturated carbocycles. The number of amides is 2. The summed E-state index contributed by atoms with van der Waals surface area (Å²) in [6, 6.07) is 10.9. The zero-order chi connectivity index (χ0) is 23.3. The van der Waals surface area contributed by atoms with Gasteiger partial charge in [0.1, 0.15) is 13.2 Å². The Morgan fingerprint density at radius 3 is 2.53 bits per heavy atom. The molecule has 0 aliphatic carbocycles. The van der Waals surface area contributed by atoms with Gasteiger partial charge in [-0.3, -0.25) is 9.69 Å². The molecular formula is C22H26Cl2N4O3S. The maximum atomic E-state index is 12.5. The van der Waals surface area contributed by atoms with E-state index in [-0.39, 0.29) is 18.5 Å². The number of halogens is 2. The lowest BCUT2D eigenvalue weighted by molar-refractivity contribution is -0.141. The Bertz CT molecular complexity index is 969. The Labute approximate surface area is 202 Å². The predicted molar refractivity (Wildman–Crippen MR) is 131 cm³/mol. The fourth-order valence-corrected chi connectivity index (χ4v) is 4.94. The van der Waals surface area contributed by atoms with Gasteiger partial charge in [-0.2, -0.15) is 0 Å². The molecule has 0 radical (unpaired) electrons. The third-order valence-electron chi connectivity index (χ3n) is 4.83. The van der Waals surface area contributed by atoms with E-state index in [2.05, 4.69) is 5.32 Å². The highest BCUT2D eigenvalue weighted by Gasteiger charge is 2.25. The molecule has 1 aliphatic heterocycles. The van der Waals surface area contributed by atoms with Crippen molar-refractivity contribution in [3.63, 3.8) is 0 Å². The normalized spacial score (nSPS) is 12.6. The van der Waals surface area contributed by atoms with Crippen molar-refractivity contribution in [3.05, 3.63) is 52.0 Å². The highest BCUT2D eigenvalue weighted by atomic mass is 35.5. The third kappa shape index (κ3) is 6.45. The number of hydrogen-bond donors (Lipinski definition) is 1. The summed E-state index contributed by atoms with van der Waals surface area (Å²) in [5.41, 5.74) is 2.74. The molecule has 2 aromatic rings. The minimum Gasteiger partial charge on any atom is -0.463 e. The number of nitrogens with one attached hydrogen (secondary N) is 1. The first kappa shape index (κ1) is 24.5. The lowest BCUT2D eigenvalue weighted by Crippen LogP contribution is -2.36. The molecule has 2 aromatic carbocycles. The number of fused-ring (bicyclic) bond motifs is 1. The maximum absolute atomic E-state index is 12.5. The van der Waals surface area contributed by atoms with Crippen molar-refractivity contribution in [2.45, 2.75) is 11.3 Å². The number of urea groups is 1. The van der Waals surface area contributed by atoms with Crippen molar-refractivity contribution in [2.24, 2.45) is 0 Å². The van der Waals surface area contributed by atoms with Crippen molar-refractivity contribution in [1.29, 1.82) is 0 Å². The first-order valence-corrected chi connectivity index (χ1v) is 11.6. The van der Waals surface area contributed by atoms with Crippen LogP contribution in [0, 0.1) is 0 Å². The Hall–Kier alpha value is -2.13. The third-order valence-corrected chi connectivity index (χ3v) is 6.27. The van der Waals surface area contributed by atoms with Crippen LogP contribution in [0.2, 0.25) is 10.0 Å². The molecule has 0 bridgehead atoms. The van der Waals surface area contributed by atoms with E-state index < -0.39 is 0 Å². The Morgan fingerprint density at radius 1 is 1.16 bits per heavy atom. The second-order valence-corrected chi connectivity index (χ2v) is 9.49. The van der Waals surface area contributed by atoms with Gasteiger partial charge in [0.15, 0.2) is 0 Å². The standard InChI is InChI=1S/C22H26Cl2N4O3S/c1-25-22(30)27-7-6-15-10-18(4-5-20(15)27)28(14-21(29)31-9-8-26(2)3)32-19-12-16(23)11-17(24)13-19/h4-5,10-13H,6-9,14H2,1-3H3,(H,25,30). The smallest absolute Gasteiger partial charge is 0.326 e. The Morgan fingerprint density at radius 2 is 1.88 bits per heavy atom. The van der Waals surface area contributed by atoms with Gasteiger partial charge in [0.05, 0.1) is 0 Å². The van der Waals surface area contributed by atoms with Gasteiger partial charge in [-0.05, 0) is 74.4 Å². The Balaban J connectivity index is 1.83. The van der Waals surface area contributed by atoms with Crippen LogP contribution >= 0.6 is 35.1 Å². The van der Waals surface area contributed by atoms with Gasteiger partial charge in [-0.15, -0.1) is 0 Å². The first-order chi connectivity index (χ1) is 15.3. The van der Waals surface area contributed by atoms with E-state index in [0.29, 0.717) is 29.7 Å². The van der Waals surface area contributed by atoms with Crippen molar-refractivity contribution < 1.29 is 14.3 Å². The summed E-state index contributed by atoms with van der Waals surface area (Å²) in [5, 5.41) is 3.70. The molecule has 172 valence electrons. The number of anilines is 2. The van der Waals surface area contributed by atoms with Crippen LogP contribution in [0.5, 0.6) is 0 Å². The molecule has 0 aromatic heterocycles. The first-order valence-electron chi connectivity index (χ1n) is 10.1. The average Bonchev–Trinajstić information content (AvgIpc) is 3.15. The maximum Gasteiger partial charge on any atom is 0.326 e. The number of carbonyl (C=O) groups is 2. The summed E-state index contributed by atoms with van der Waals surface area (Å²) < 4.78 is 7.25. The largest absolute Gasteiger partial charge is 0.463 e. The molecular weight excluding hydrogens is 471 g/mol. The van der Waals surface area contributed by atoms with Crippen molar-refractivity contribution >= 4 is 58.5 Å². The zero-order valence-corrected chi connectivity index (χ0v) is 20.6. The highest BCUT2D eigenvalue weighted by Crippen LogP contribution is 2.36. The molecule has 1 aliphatic rings. The van der Waals surface area contributed by atoms with E-state index in [4.69, 9.17) is 27.9 Å². The second-order valence-electron chi connectivity index (χ2n) is 7.53. The number of hydrogen-bond acceptors (Lipinski definition) is 6. The van der Waals surface area contributed by atoms with Gasteiger partial charge in [-0.25, -0.2) is 4.79 Å². The molecule has 3 rings (SSSR count). The number of nitrogens with zero attached hydrogens (tertiary/aromatic N) is 3. The molecule has 7 nitrogen and oxygen atoms in total. The van der Waals surface area contributed by atoms with Crippen LogP contribution in [0.3, 0.4) is 0 Å². The topological polar surface area (TPSA) is 65.1 Å². The van der Waals surface area contributed by atoms with Crippen LogP contribution in [0.4, 0.5) is 16.2 Å². The monoisotopic (exact) mass is 496 g/mol. The minimum absolute atomic E-state index is 0.0418. The number of benzene rings is 2. The van der Waals surface area contributed by atoms with Crippen LogP contribution in [0.15, 0.2) is 41.3 Å². The van der Waals surface area contributed by atoms with Crippen molar-refractivity contribution in [2.75, 3.05) is 56.6 Å². The van der Waals surface area contributed by atoms with Gasteiger partial charge in [0, 0.05) is 46.5 Å². The van der Waals surface area contributed by atoms with Crippen LogP contribution in [-0.4, -0.2) is 64.3 Å². The van der Waals surface area contributed by atoms with Crippen LogP contribution < -0.4 is 14.5 Å². The fourth-order valence-electron chi connectivity index (χ4n) is 3.28. The average molecular weight is 497 g/mol. The molecule has 1 N–H and O–H groups in total. The van der Waals surface area contributed by atoms with Crippen LogP contribution in [0.1, 0.15) is 5.56 Å². The Kier molecular flexibility index (Phi) is 8.53. The summed E-state index contributed by atoms with van der Waals surface area (Å²) in [6.07, 6.45) is 0.741. The fraction of sp³-hybridized carbons (Fsp3) is 0.364. The number of likely N-dealkylation sites (N-methyl/N-ethyl adjacent to an activating group) is 1. The van der Waals surface area contributed by atoms with Crippen molar-refractivity contribution in [3.8, 4) is 0 Å². The molecule has 10 heteroatoms. The second kappa shape index (κ2) is 11.1. The summed E-state index contributed by atoms with van der Waals surface area (Å²) in [7, 11) is 5.46. The van der Waals surface area contributed by atoms with Gasteiger partial charge in [0.2, 0.25) is 0 Å². The molecule has 0 fully saturated rings. The van der Waals surface area contributed by atoms with Gasteiger partial charge < -0.3 is 19.3 Å². The quantitative estimate of drug-likeness (QED) is 0.433. The highest BCUT2D eigenvalue weighted by molar-refractivity contribution is 8.00. The molecule has 0 unspecified atom stereocenters. The van der Waals surface area contributed by atoms with Crippen LogP contribution in [0.25, 0.3) is 0 Å². The van der Waals surface area contributed by atoms with E-state index in [1.54, 1.807) is 30.1 Å². The molecule has 2 amide bonds.